The Kier molecular flexibility index (Phi) is 5.79. The number of rotatable bonds is 9. The maximum Gasteiger partial charge on any atom is 0.229 e. The van der Waals surface area contributed by atoms with E-state index < -0.39 is 10.0 Å². The second kappa shape index (κ2) is 8.21. The molecule has 2 aromatic rings. The van der Waals surface area contributed by atoms with E-state index in [4.69, 9.17) is 9.84 Å². The van der Waals surface area contributed by atoms with Crippen LogP contribution in [0.2, 0.25) is 0 Å². The minimum Gasteiger partial charge on any atom is -0.492 e. The maximum atomic E-state index is 11.6. The molecule has 2 N–H and O–H groups in total. The van der Waals surface area contributed by atoms with Crippen molar-refractivity contribution in [2.75, 3.05) is 37.2 Å². The fraction of sp³-hybridized carbons (Fsp3) is 0.478. The summed E-state index contributed by atoms with van der Waals surface area (Å²) in [6.07, 6.45) is 2.24. The molecule has 0 bridgehead atoms. The molecule has 2 aliphatic rings. The van der Waals surface area contributed by atoms with E-state index in [2.05, 4.69) is 22.6 Å². The summed E-state index contributed by atoms with van der Waals surface area (Å²) in [6, 6.07) is 15.4. The predicted molar refractivity (Wildman–Crippen MR) is 118 cm³/mol. The molecule has 0 amide bonds. The molecule has 1 aliphatic carbocycles. The van der Waals surface area contributed by atoms with Crippen molar-refractivity contribution in [3.63, 3.8) is 0 Å². The van der Waals surface area contributed by atoms with Crippen LogP contribution in [0.1, 0.15) is 24.5 Å². The fourth-order valence-electron chi connectivity index (χ4n) is 5.22. The van der Waals surface area contributed by atoms with Crippen molar-refractivity contribution < 1.29 is 18.3 Å². The second-order valence-electron chi connectivity index (χ2n) is 8.47. The molecule has 6 nitrogen and oxygen atoms in total. The third-order valence-electron chi connectivity index (χ3n) is 6.68. The van der Waals surface area contributed by atoms with Crippen LogP contribution in [0.3, 0.4) is 0 Å². The number of ether oxygens (including phenoxy) is 1. The Labute approximate surface area is 178 Å². The molecular weight excluding hydrogens is 400 g/mol. The molecule has 1 aliphatic heterocycles. The lowest BCUT2D eigenvalue weighted by molar-refractivity contribution is 0.209. The van der Waals surface area contributed by atoms with Crippen molar-refractivity contribution in [1.29, 1.82) is 0 Å². The lowest BCUT2D eigenvalue weighted by Crippen LogP contribution is -2.33. The lowest BCUT2D eigenvalue weighted by atomic mass is 9.87. The van der Waals surface area contributed by atoms with E-state index in [1.807, 2.05) is 42.5 Å². The molecule has 2 aromatic carbocycles. The number of hydrogen-bond acceptors (Lipinski definition) is 5. The molecular formula is C23H30N2O4S. The minimum atomic E-state index is -3.27. The first kappa shape index (κ1) is 21.2. The van der Waals surface area contributed by atoms with Gasteiger partial charge in [0.15, 0.2) is 0 Å². The zero-order valence-electron chi connectivity index (χ0n) is 17.5. The molecule has 2 unspecified atom stereocenters. The van der Waals surface area contributed by atoms with Gasteiger partial charge in [-0.3, -0.25) is 9.62 Å². The molecule has 4 rings (SSSR count). The molecule has 162 valence electrons. The smallest absolute Gasteiger partial charge is 0.229 e. The van der Waals surface area contributed by atoms with Gasteiger partial charge in [-0.1, -0.05) is 31.2 Å². The predicted octanol–water partition coefficient (Wildman–Crippen LogP) is 2.84. The summed E-state index contributed by atoms with van der Waals surface area (Å²) in [5, 5.41) is 9.11. The van der Waals surface area contributed by atoms with Crippen LogP contribution in [0, 0.1) is 11.8 Å². The highest BCUT2D eigenvalue weighted by Gasteiger charge is 2.67. The monoisotopic (exact) mass is 430 g/mol. The second-order valence-corrected chi connectivity index (χ2v) is 10.2. The van der Waals surface area contributed by atoms with Crippen LogP contribution >= 0.6 is 0 Å². The highest BCUT2D eigenvalue weighted by molar-refractivity contribution is 7.92. The van der Waals surface area contributed by atoms with Crippen LogP contribution in [0.5, 0.6) is 5.75 Å². The number of aliphatic hydroxyl groups excluding tert-OH is 1. The van der Waals surface area contributed by atoms with E-state index in [0.29, 0.717) is 24.1 Å². The van der Waals surface area contributed by atoms with Crippen LogP contribution < -0.4 is 9.46 Å². The minimum absolute atomic E-state index is 0.0449. The average Bonchev–Trinajstić information content (AvgIpc) is 3.10. The van der Waals surface area contributed by atoms with Gasteiger partial charge in [0.25, 0.3) is 0 Å². The molecule has 30 heavy (non-hydrogen) atoms. The molecule has 1 saturated carbocycles. The zero-order valence-corrected chi connectivity index (χ0v) is 18.4. The number of sulfonamides is 1. The SMILES string of the molecule is CCC1(c2cccc(NS(C)(=O)=O)c2)C2CN(CCOc3ccc(CO)cc3)CC21. The van der Waals surface area contributed by atoms with Crippen molar-refractivity contribution >= 4 is 15.7 Å². The van der Waals surface area contributed by atoms with E-state index >= 15 is 0 Å². The Bertz CT molecular complexity index is 979. The topological polar surface area (TPSA) is 78.9 Å². The zero-order chi connectivity index (χ0) is 21.4. The van der Waals surface area contributed by atoms with Crippen molar-refractivity contribution in [2.24, 2.45) is 11.8 Å². The molecule has 2 atom stereocenters. The van der Waals surface area contributed by atoms with E-state index in [0.717, 1.165) is 37.4 Å². The average molecular weight is 431 g/mol. The summed E-state index contributed by atoms with van der Waals surface area (Å²) >= 11 is 0. The van der Waals surface area contributed by atoms with Crippen molar-refractivity contribution in [3.8, 4) is 5.75 Å². The van der Waals surface area contributed by atoms with Gasteiger partial charge in [0.1, 0.15) is 12.4 Å². The first-order chi connectivity index (χ1) is 14.4. The number of piperidine rings is 1. The number of anilines is 1. The molecule has 1 saturated heterocycles. The summed E-state index contributed by atoms with van der Waals surface area (Å²) in [5.41, 5.74) is 2.93. The summed E-state index contributed by atoms with van der Waals surface area (Å²) in [7, 11) is -3.27. The van der Waals surface area contributed by atoms with Crippen LogP contribution in [0.4, 0.5) is 5.69 Å². The number of fused-ring (bicyclic) bond motifs is 1. The number of hydrogen-bond donors (Lipinski definition) is 2. The number of nitrogens with one attached hydrogen (secondary N) is 1. The quantitative estimate of drug-likeness (QED) is 0.640. The van der Waals surface area contributed by atoms with E-state index in [9.17, 15) is 8.42 Å². The van der Waals surface area contributed by atoms with Crippen LogP contribution in [-0.2, 0) is 22.0 Å². The number of nitrogens with zero attached hydrogens (tertiary/aromatic N) is 1. The number of likely N-dealkylation sites (tertiary alicyclic amines) is 1. The van der Waals surface area contributed by atoms with Gasteiger partial charge in [0, 0.05) is 30.7 Å². The molecule has 0 radical (unpaired) electrons. The van der Waals surface area contributed by atoms with Gasteiger partial charge in [0.2, 0.25) is 10.0 Å². The van der Waals surface area contributed by atoms with Gasteiger partial charge in [-0.2, -0.15) is 0 Å². The first-order valence-electron chi connectivity index (χ1n) is 10.5. The number of benzene rings is 2. The summed E-state index contributed by atoms with van der Waals surface area (Å²) in [4.78, 5) is 2.46. The molecule has 0 aromatic heterocycles. The van der Waals surface area contributed by atoms with Gasteiger partial charge in [-0.15, -0.1) is 0 Å². The Morgan fingerprint density at radius 1 is 1.17 bits per heavy atom. The summed E-state index contributed by atoms with van der Waals surface area (Å²) in [5.74, 6) is 2.05. The third-order valence-corrected chi connectivity index (χ3v) is 7.29. The van der Waals surface area contributed by atoms with Crippen molar-refractivity contribution in [1.82, 2.24) is 4.90 Å². The van der Waals surface area contributed by atoms with Gasteiger partial charge in [-0.05, 0) is 53.6 Å². The number of aliphatic hydroxyl groups is 1. The molecule has 2 fully saturated rings. The largest absolute Gasteiger partial charge is 0.492 e. The van der Waals surface area contributed by atoms with Crippen molar-refractivity contribution in [2.45, 2.75) is 25.4 Å². The summed E-state index contributed by atoms with van der Waals surface area (Å²) in [6.45, 7) is 5.92. The Balaban J connectivity index is 1.33. The Morgan fingerprint density at radius 2 is 1.87 bits per heavy atom. The Morgan fingerprint density at radius 3 is 2.47 bits per heavy atom. The molecule has 7 heteroatoms. The molecule has 1 heterocycles. The van der Waals surface area contributed by atoms with Crippen LogP contribution in [0.25, 0.3) is 0 Å². The van der Waals surface area contributed by atoms with Gasteiger partial charge < -0.3 is 9.84 Å². The standard InChI is InChI=1S/C23H30N2O4S/c1-3-23(18-5-4-6-19(13-18)24-30(2,27)28)21-14-25(15-22(21)23)11-12-29-20-9-7-17(16-26)8-10-20/h4-10,13,21-22,24,26H,3,11-12,14-16H2,1-2H3. The van der Waals surface area contributed by atoms with Crippen LogP contribution in [-0.4, -0.2) is 50.9 Å². The van der Waals surface area contributed by atoms with Gasteiger partial charge >= 0.3 is 0 Å². The van der Waals surface area contributed by atoms with Gasteiger partial charge in [0.05, 0.1) is 12.9 Å². The van der Waals surface area contributed by atoms with Crippen molar-refractivity contribution in [3.05, 3.63) is 59.7 Å². The lowest BCUT2D eigenvalue weighted by Gasteiger charge is -2.26. The summed E-state index contributed by atoms with van der Waals surface area (Å²) < 4.78 is 31.6. The maximum absolute atomic E-state index is 11.6. The third kappa shape index (κ3) is 4.19. The highest BCUT2D eigenvalue weighted by atomic mass is 32.2. The van der Waals surface area contributed by atoms with Crippen LogP contribution in [0.15, 0.2) is 48.5 Å². The normalized spacial score (nSPS) is 25.7. The fourth-order valence-corrected chi connectivity index (χ4v) is 5.78. The highest BCUT2D eigenvalue weighted by Crippen LogP contribution is 2.65. The van der Waals surface area contributed by atoms with E-state index in [-0.39, 0.29) is 12.0 Å². The molecule has 0 spiro atoms. The first-order valence-corrected chi connectivity index (χ1v) is 12.4. The van der Waals surface area contributed by atoms with Gasteiger partial charge in [-0.25, -0.2) is 8.42 Å². The Hall–Kier alpha value is -2.09. The van der Waals surface area contributed by atoms with E-state index in [1.165, 1.54) is 11.8 Å². The van der Waals surface area contributed by atoms with E-state index in [1.54, 1.807) is 0 Å².